The Morgan fingerprint density at radius 1 is 0.967 bits per heavy atom. The summed E-state index contributed by atoms with van der Waals surface area (Å²) in [6.07, 6.45) is 14.1. The van der Waals surface area contributed by atoms with Gasteiger partial charge >= 0.3 is 0 Å². The molecule has 3 nitrogen and oxygen atoms in total. The van der Waals surface area contributed by atoms with E-state index in [0.717, 1.165) is 68.9 Å². The summed E-state index contributed by atoms with van der Waals surface area (Å²) in [6, 6.07) is 0. The van der Waals surface area contributed by atoms with Gasteiger partial charge in [0.15, 0.2) is 0 Å². The van der Waals surface area contributed by atoms with E-state index in [0.29, 0.717) is 28.4 Å². The van der Waals surface area contributed by atoms with Crippen molar-refractivity contribution >= 4 is 11.7 Å². The normalized spacial score (nSPS) is 42.9. The number of carbonyl (C=O) groups is 2. The van der Waals surface area contributed by atoms with E-state index in [4.69, 9.17) is 0 Å². The lowest BCUT2D eigenvalue weighted by atomic mass is 9.44. The fourth-order valence-corrected chi connectivity index (χ4v) is 8.86. The summed E-state index contributed by atoms with van der Waals surface area (Å²) in [5.41, 5.74) is 0.916. The molecule has 30 heavy (non-hydrogen) atoms. The summed E-state index contributed by atoms with van der Waals surface area (Å²) in [5, 5.41) is 0. The Morgan fingerprint density at radius 2 is 1.70 bits per heavy atom. The second-order valence-corrected chi connectivity index (χ2v) is 11.7. The van der Waals surface area contributed by atoms with Gasteiger partial charge in [-0.3, -0.25) is 9.59 Å². The van der Waals surface area contributed by atoms with Gasteiger partial charge in [0.1, 0.15) is 5.78 Å². The van der Waals surface area contributed by atoms with Crippen molar-refractivity contribution < 1.29 is 9.59 Å². The second kappa shape index (κ2) is 8.58. The Balaban J connectivity index is 1.39. The van der Waals surface area contributed by atoms with E-state index >= 15 is 0 Å². The molecule has 4 aliphatic rings. The summed E-state index contributed by atoms with van der Waals surface area (Å²) in [5.74, 6) is 4.97. The SMILES string of the molecule is CCN(CC)C(=O)CCCC1CCC2C3CCC4CC(=O)CCC4(C)C3CCC12C. The van der Waals surface area contributed by atoms with Gasteiger partial charge < -0.3 is 4.90 Å². The number of carbonyl (C=O) groups excluding carboxylic acids is 2. The van der Waals surface area contributed by atoms with Gasteiger partial charge in [-0.2, -0.15) is 0 Å². The van der Waals surface area contributed by atoms with E-state index in [1.165, 1.54) is 44.9 Å². The molecule has 7 atom stereocenters. The van der Waals surface area contributed by atoms with E-state index in [1.54, 1.807) is 0 Å². The highest BCUT2D eigenvalue weighted by molar-refractivity contribution is 5.79. The molecule has 0 bridgehead atoms. The quantitative estimate of drug-likeness (QED) is 0.514. The predicted molar refractivity (Wildman–Crippen MR) is 122 cm³/mol. The molecule has 4 saturated carbocycles. The van der Waals surface area contributed by atoms with Crippen LogP contribution in [0.5, 0.6) is 0 Å². The van der Waals surface area contributed by atoms with Gasteiger partial charge in [0.25, 0.3) is 0 Å². The summed E-state index contributed by atoms with van der Waals surface area (Å²) in [4.78, 5) is 26.5. The van der Waals surface area contributed by atoms with Crippen LogP contribution in [0.2, 0.25) is 0 Å². The van der Waals surface area contributed by atoms with Crippen LogP contribution in [-0.2, 0) is 9.59 Å². The zero-order valence-electron chi connectivity index (χ0n) is 20.0. The van der Waals surface area contributed by atoms with Crippen molar-refractivity contribution in [3.05, 3.63) is 0 Å². The van der Waals surface area contributed by atoms with Gasteiger partial charge in [0.05, 0.1) is 0 Å². The fourth-order valence-electron chi connectivity index (χ4n) is 8.86. The zero-order chi connectivity index (χ0) is 21.5. The third-order valence-corrected chi connectivity index (χ3v) is 10.7. The molecule has 0 heterocycles. The third-order valence-electron chi connectivity index (χ3n) is 10.7. The van der Waals surface area contributed by atoms with Crippen molar-refractivity contribution in [2.24, 2.45) is 40.4 Å². The molecule has 0 aromatic carbocycles. The monoisotopic (exact) mass is 415 g/mol. The molecule has 170 valence electrons. The van der Waals surface area contributed by atoms with Crippen molar-refractivity contribution in [3.63, 3.8) is 0 Å². The van der Waals surface area contributed by atoms with Gasteiger partial charge in [-0.05, 0) is 112 Å². The summed E-state index contributed by atoms with van der Waals surface area (Å²) in [6.45, 7) is 11.0. The minimum Gasteiger partial charge on any atom is -0.343 e. The first-order valence-corrected chi connectivity index (χ1v) is 13.1. The van der Waals surface area contributed by atoms with Crippen LogP contribution < -0.4 is 0 Å². The Labute approximate surface area is 184 Å². The number of ketones is 1. The minimum absolute atomic E-state index is 0.349. The van der Waals surface area contributed by atoms with Gasteiger partial charge in [-0.25, -0.2) is 0 Å². The highest BCUT2D eigenvalue weighted by Gasteiger charge is 2.59. The molecule has 1 amide bonds. The first-order chi connectivity index (χ1) is 14.3. The Kier molecular flexibility index (Phi) is 6.39. The number of Topliss-reactive ketones (excluding diaryl/α,β-unsaturated/α-hetero) is 1. The lowest BCUT2D eigenvalue weighted by molar-refractivity contribution is -0.139. The Hall–Kier alpha value is -0.860. The minimum atomic E-state index is 0.349. The number of hydrogen-bond acceptors (Lipinski definition) is 2. The standard InChI is InChI=1S/C27H45NO2/c1-5-28(6-2)25(30)9-7-8-19-11-13-23-22-12-10-20-18-21(29)14-16-27(20,4)24(22)15-17-26(19,23)3/h19-20,22-24H,5-18H2,1-4H3. The maximum atomic E-state index is 12.4. The van der Waals surface area contributed by atoms with Crippen molar-refractivity contribution in [2.45, 2.75) is 105 Å². The number of fused-ring (bicyclic) bond motifs is 5. The first kappa shape index (κ1) is 22.3. The van der Waals surface area contributed by atoms with E-state index in [2.05, 4.69) is 27.7 Å². The highest BCUT2D eigenvalue weighted by Crippen LogP contribution is 2.67. The molecule has 0 spiro atoms. The molecule has 0 aliphatic heterocycles. The zero-order valence-corrected chi connectivity index (χ0v) is 20.0. The molecule has 0 N–H and O–H groups in total. The molecule has 3 heteroatoms. The molecule has 0 saturated heterocycles. The predicted octanol–water partition coefficient (Wildman–Crippen LogP) is 6.25. The van der Waals surface area contributed by atoms with Crippen LogP contribution in [-0.4, -0.2) is 29.7 Å². The number of amides is 1. The number of hydrogen-bond donors (Lipinski definition) is 0. The van der Waals surface area contributed by atoms with Gasteiger partial charge in [-0.1, -0.05) is 13.8 Å². The Bertz CT molecular complexity index is 655. The maximum absolute atomic E-state index is 12.4. The average molecular weight is 416 g/mol. The summed E-state index contributed by atoms with van der Waals surface area (Å²) < 4.78 is 0. The second-order valence-electron chi connectivity index (χ2n) is 11.7. The molecule has 4 fully saturated rings. The van der Waals surface area contributed by atoms with Crippen LogP contribution in [0.4, 0.5) is 0 Å². The van der Waals surface area contributed by atoms with Gasteiger partial charge in [0.2, 0.25) is 5.91 Å². The molecule has 0 radical (unpaired) electrons. The van der Waals surface area contributed by atoms with Crippen molar-refractivity contribution in [2.75, 3.05) is 13.1 Å². The molecule has 4 aliphatic carbocycles. The van der Waals surface area contributed by atoms with Crippen molar-refractivity contribution in [3.8, 4) is 0 Å². The van der Waals surface area contributed by atoms with E-state index in [9.17, 15) is 9.59 Å². The molecule has 7 unspecified atom stereocenters. The van der Waals surface area contributed by atoms with E-state index < -0.39 is 0 Å². The lowest BCUT2D eigenvalue weighted by Crippen LogP contribution is -2.53. The lowest BCUT2D eigenvalue weighted by Gasteiger charge is -2.60. The van der Waals surface area contributed by atoms with Crippen LogP contribution >= 0.6 is 0 Å². The molecule has 4 rings (SSSR count). The van der Waals surface area contributed by atoms with Gasteiger partial charge in [0, 0.05) is 32.4 Å². The number of nitrogens with zero attached hydrogens (tertiary/aromatic N) is 1. The molecule has 0 aromatic rings. The highest BCUT2D eigenvalue weighted by atomic mass is 16.2. The molecule has 0 aromatic heterocycles. The molecular formula is C27H45NO2. The van der Waals surface area contributed by atoms with Crippen LogP contribution in [0, 0.1) is 40.4 Å². The topological polar surface area (TPSA) is 37.4 Å². The van der Waals surface area contributed by atoms with Crippen LogP contribution in [0.3, 0.4) is 0 Å². The Morgan fingerprint density at radius 3 is 2.43 bits per heavy atom. The van der Waals surface area contributed by atoms with Crippen LogP contribution in [0.1, 0.15) is 105 Å². The average Bonchev–Trinajstić information content (AvgIpc) is 3.06. The van der Waals surface area contributed by atoms with Crippen LogP contribution in [0.25, 0.3) is 0 Å². The van der Waals surface area contributed by atoms with E-state index in [1.807, 2.05) is 4.90 Å². The molecular weight excluding hydrogens is 370 g/mol. The summed E-state index contributed by atoms with van der Waals surface area (Å²) in [7, 11) is 0. The van der Waals surface area contributed by atoms with Crippen molar-refractivity contribution in [1.29, 1.82) is 0 Å². The van der Waals surface area contributed by atoms with Crippen molar-refractivity contribution in [1.82, 2.24) is 4.90 Å². The summed E-state index contributed by atoms with van der Waals surface area (Å²) >= 11 is 0. The maximum Gasteiger partial charge on any atom is 0.222 e. The van der Waals surface area contributed by atoms with Crippen LogP contribution in [0.15, 0.2) is 0 Å². The number of rotatable bonds is 6. The largest absolute Gasteiger partial charge is 0.343 e. The third kappa shape index (κ3) is 3.66. The fraction of sp³-hybridized carbons (Fsp3) is 0.926. The van der Waals surface area contributed by atoms with Gasteiger partial charge in [-0.15, -0.1) is 0 Å². The smallest absolute Gasteiger partial charge is 0.222 e. The first-order valence-electron chi connectivity index (χ1n) is 13.1. The van der Waals surface area contributed by atoms with E-state index in [-0.39, 0.29) is 0 Å².